The van der Waals surface area contributed by atoms with Gasteiger partial charge < -0.3 is 15.2 Å². The highest BCUT2D eigenvalue weighted by Gasteiger charge is 2.19. The Balaban J connectivity index is 2.14. The Morgan fingerprint density at radius 3 is 2.75 bits per heavy atom. The van der Waals surface area contributed by atoms with E-state index in [0.717, 1.165) is 5.56 Å². The van der Waals surface area contributed by atoms with Crippen LogP contribution >= 0.6 is 11.3 Å². The second-order valence-corrected chi connectivity index (χ2v) is 5.18. The summed E-state index contributed by atoms with van der Waals surface area (Å²) in [5, 5.41) is 13.9. The molecule has 4 nitrogen and oxygen atoms in total. The highest BCUT2D eigenvalue weighted by atomic mass is 32.1. The van der Waals surface area contributed by atoms with E-state index in [1.165, 1.54) is 11.3 Å². The van der Waals surface area contributed by atoms with Crippen molar-refractivity contribution in [1.29, 1.82) is 0 Å². The molecule has 0 spiro atoms. The summed E-state index contributed by atoms with van der Waals surface area (Å²) in [6.45, 7) is 0.0153. The molecule has 1 amide bonds. The van der Waals surface area contributed by atoms with E-state index in [4.69, 9.17) is 9.84 Å². The van der Waals surface area contributed by atoms with Crippen molar-refractivity contribution in [2.45, 2.75) is 12.5 Å². The molecule has 0 saturated carbocycles. The maximum absolute atomic E-state index is 12.3. The zero-order valence-corrected chi connectivity index (χ0v) is 12.0. The first-order valence-corrected chi connectivity index (χ1v) is 7.22. The maximum atomic E-state index is 12.3. The molecule has 1 heterocycles. The summed E-state index contributed by atoms with van der Waals surface area (Å²) in [6, 6.07) is 11.2. The van der Waals surface area contributed by atoms with Crippen molar-refractivity contribution >= 4 is 17.2 Å². The summed E-state index contributed by atoms with van der Waals surface area (Å²) < 4.78 is 5.15. The number of benzene rings is 1. The van der Waals surface area contributed by atoms with Gasteiger partial charge in [-0.25, -0.2) is 0 Å². The Morgan fingerprint density at radius 1 is 1.35 bits per heavy atom. The van der Waals surface area contributed by atoms with Crippen molar-refractivity contribution in [2.24, 2.45) is 0 Å². The lowest BCUT2D eigenvalue weighted by Gasteiger charge is -2.18. The first kappa shape index (κ1) is 14.6. The predicted octanol–water partition coefficient (Wildman–Crippen LogP) is 2.61. The SMILES string of the molecule is COc1ccsc1C(=O)NC(CCO)c1ccccc1. The van der Waals surface area contributed by atoms with Crippen LogP contribution in [0.15, 0.2) is 41.8 Å². The highest BCUT2D eigenvalue weighted by molar-refractivity contribution is 7.12. The van der Waals surface area contributed by atoms with Gasteiger partial charge in [0, 0.05) is 6.61 Å². The Kier molecular flexibility index (Phi) is 5.15. The molecule has 1 unspecified atom stereocenters. The summed E-state index contributed by atoms with van der Waals surface area (Å²) in [5.41, 5.74) is 0.977. The van der Waals surface area contributed by atoms with E-state index in [9.17, 15) is 4.79 Å². The number of methoxy groups -OCH3 is 1. The molecule has 0 fully saturated rings. The van der Waals surface area contributed by atoms with Gasteiger partial charge in [0.15, 0.2) is 0 Å². The second-order valence-electron chi connectivity index (χ2n) is 4.27. The lowest BCUT2D eigenvalue weighted by Crippen LogP contribution is -2.28. The highest BCUT2D eigenvalue weighted by Crippen LogP contribution is 2.25. The van der Waals surface area contributed by atoms with Crippen molar-refractivity contribution < 1.29 is 14.6 Å². The van der Waals surface area contributed by atoms with Crippen LogP contribution in [0.2, 0.25) is 0 Å². The van der Waals surface area contributed by atoms with Gasteiger partial charge in [-0.2, -0.15) is 0 Å². The van der Waals surface area contributed by atoms with Crippen molar-refractivity contribution in [3.05, 3.63) is 52.2 Å². The quantitative estimate of drug-likeness (QED) is 0.860. The van der Waals surface area contributed by atoms with E-state index in [2.05, 4.69) is 5.32 Å². The largest absolute Gasteiger partial charge is 0.495 e. The lowest BCUT2D eigenvalue weighted by atomic mass is 10.0. The van der Waals surface area contributed by atoms with Crippen LogP contribution in [0.25, 0.3) is 0 Å². The van der Waals surface area contributed by atoms with Crippen LogP contribution in [0.5, 0.6) is 5.75 Å². The van der Waals surface area contributed by atoms with Crippen molar-refractivity contribution in [3.8, 4) is 5.75 Å². The number of thiophene rings is 1. The molecule has 2 aromatic rings. The minimum atomic E-state index is -0.208. The number of rotatable bonds is 6. The monoisotopic (exact) mass is 291 g/mol. The van der Waals surface area contributed by atoms with Crippen LogP contribution in [0, 0.1) is 0 Å². The molecule has 0 aliphatic rings. The topological polar surface area (TPSA) is 58.6 Å². The van der Waals surface area contributed by atoms with Gasteiger partial charge in [0.05, 0.1) is 13.2 Å². The molecule has 5 heteroatoms. The smallest absolute Gasteiger partial charge is 0.265 e. The van der Waals surface area contributed by atoms with Gasteiger partial charge in [-0.1, -0.05) is 30.3 Å². The molecule has 1 atom stereocenters. The zero-order chi connectivity index (χ0) is 14.4. The Morgan fingerprint density at radius 2 is 2.10 bits per heavy atom. The molecule has 106 valence electrons. The molecule has 0 radical (unpaired) electrons. The number of carbonyl (C=O) groups is 1. The Labute approximate surface area is 122 Å². The summed E-state index contributed by atoms with van der Waals surface area (Å²) in [7, 11) is 1.54. The molecule has 2 N–H and O–H groups in total. The van der Waals surface area contributed by atoms with Crippen LogP contribution in [-0.4, -0.2) is 24.7 Å². The van der Waals surface area contributed by atoms with Gasteiger partial charge in [0.2, 0.25) is 0 Å². The number of carbonyl (C=O) groups excluding carboxylic acids is 1. The third kappa shape index (κ3) is 3.37. The van der Waals surface area contributed by atoms with Gasteiger partial charge in [0.25, 0.3) is 5.91 Å². The number of ether oxygens (including phenoxy) is 1. The first-order valence-electron chi connectivity index (χ1n) is 6.34. The van der Waals surface area contributed by atoms with Crippen molar-refractivity contribution in [2.75, 3.05) is 13.7 Å². The fourth-order valence-electron chi connectivity index (χ4n) is 1.98. The van der Waals surface area contributed by atoms with E-state index >= 15 is 0 Å². The molecule has 1 aromatic heterocycles. The third-order valence-electron chi connectivity index (χ3n) is 2.98. The molecule has 0 saturated heterocycles. The number of hydrogen-bond donors (Lipinski definition) is 2. The minimum absolute atomic E-state index is 0.0153. The van der Waals surface area contributed by atoms with Gasteiger partial charge in [0.1, 0.15) is 10.6 Å². The van der Waals surface area contributed by atoms with Crippen LogP contribution in [0.4, 0.5) is 0 Å². The number of amides is 1. The molecule has 20 heavy (non-hydrogen) atoms. The molecular formula is C15H17NO3S. The number of hydrogen-bond acceptors (Lipinski definition) is 4. The summed E-state index contributed by atoms with van der Waals surface area (Å²) in [5.74, 6) is 0.391. The molecular weight excluding hydrogens is 274 g/mol. The van der Waals surface area contributed by atoms with Crippen LogP contribution in [0.3, 0.4) is 0 Å². The average molecular weight is 291 g/mol. The normalized spacial score (nSPS) is 11.9. The van der Waals surface area contributed by atoms with E-state index in [-0.39, 0.29) is 18.6 Å². The third-order valence-corrected chi connectivity index (χ3v) is 3.87. The zero-order valence-electron chi connectivity index (χ0n) is 11.2. The Hall–Kier alpha value is -1.85. The second kappa shape index (κ2) is 7.07. The van der Waals surface area contributed by atoms with Crippen molar-refractivity contribution in [3.63, 3.8) is 0 Å². The van der Waals surface area contributed by atoms with Gasteiger partial charge in [-0.05, 0) is 23.4 Å². The predicted molar refractivity (Wildman–Crippen MR) is 79.2 cm³/mol. The number of aliphatic hydroxyl groups is 1. The molecule has 0 bridgehead atoms. The van der Waals surface area contributed by atoms with Gasteiger partial charge in [-0.3, -0.25) is 4.79 Å². The molecule has 0 aliphatic carbocycles. The summed E-state index contributed by atoms with van der Waals surface area (Å²) in [6.07, 6.45) is 0.476. The lowest BCUT2D eigenvalue weighted by molar-refractivity contribution is 0.0931. The molecule has 0 aliphatic heterocycles. The fourth-order valence-corrected chi connectivity index (χ4v) is 2.75. The summed E-state index contributed by atoms with van der Waals surface area (Å²) >= 11 is 1.34. The minimum Gasteiger partial charge on any atom is -0.495 e. The van der Waals surface area contributed by atoms with E-state index in [0.29, 0.717) is 17.0 Å². The fraction of sp³-hybridized carbons (Fsp3) is 0.267. The molecule has 1 aromatic carbocycles. The van der Waals surface area contributed by atoms with Gasteiger partial charge >= 0.3 is 0 Å². The van der Waals surface area contributed by atoms with Crippen LogP contribution < -0.4 is 10.1 Å². The average Bonchev–Trinajstić information content (AvgIpc) is 2.96. The van der Waals surface area contributed by atoms with Gasteiger partial charge in [-0.15, -0.1) is 11.3 Å². The number of aliphatic hydroxyl groups excluding tert-OH is 1. The van der Waals surface area contributed by atoms with Crippen LogP contribution in [-0.2, 0) is 0 Å². The Bertz CT molecular complexity index is 553. The summed E-state index contributed by atoms with van der Waals surface area (Å²) in [4.78, 5) is 12.8. The maximum Gasteiger partial charge on any atom is 0.265 e. The molecule has 2 rings (SSSR count). The van der Waals surface area contributed by atoms with Crippen LogP contribution in [0.1, 0.15) is 27.7 Å². The van der Waals surface area contributed by atoms with Crippen molar-refractivity contribution in [1.82, 2.24) is 5.32 Å². The van der Waals surface area contributed by atoms with E-state index in [1.54, 1.807) is 13.2 Å². The van der Waals surface area contributed by atoms with E-state index in [1.807, 2.05) is 35.7 Å². The first-order chi connectivity index (χ1) is 9.76. The standard InChI is InChI=1S/C15H17NO3S/c1-19-13-8-10-20-14(13)15(18)16-12(7-9-17)11-5-3-2-4-6-11/h2-6,8,10,12,17H,7,9H2,1H3,(H,16,18). The van der Waals surface area contributed by atoms with E-state index < -0.39 is 0 Å². The number of nitrogens with one attached hydrogen (secondary N) is 1.